The predicted molar refractivity (Wildman–Crippen MR) is 68.4 cm³/mol. The summed E-state index contributed by atoms with van der Waals surface area (Å²) in [4.78, 5) is 0.0912. The van der Waals surface area contributed by atoms with Crippen LogP contribution in [0.1, 0.15) is 18.9 Å². The van der Waals surface area contributed by atoms with Gasteiger partial charge in [0, 0.05) is 6.42 Å². The molecule has 0 amide bonds. The quantitative estimate of drug-likeness (QED) is 0.649. The average Bonchev–Trinajstić information content (AvgIpc) is 2.29. The molecule has 0 bridgehead atoms. The first-order valence-corrected chi connectivity index (χ1v) is 6.84. The van der Waals surface area contributed by atoms with Crippen LogP contribution in [0.5, 0.6) is 0 Å². The molecule has 1 rings (SSSR count). The van der Waals surface area contributed by atoms with Gasteiger partial charge in [0.15, 0.2) is 0 Å². The minimum Gasteiger partial charge on any atom is -0.378 e. The second kappa shape index (κ2) is 5.53. The van der Waals surface area contributed by atoms with Gasteiger partial charge >= 0.3 is 0 Å². The molecule has 0 aliphatic carbocycles. The predicted octanol–water partition coefficient (Wildman–Crippen LogP) is 1.47. The lowest BCUT2D eigenvalue weighted by Gasteiger charge is -2.15. The number of aryl methyl sites for hydroxylation is 1. The molecule has 1 aromatic rings. The van der Waals surface area contributed by atoms with Crippen molar-refractivity contribution in [2.24, 2.45) is 0 Å². The molecule has 1 aromatic carbocycles. The van der Waals surface area contributed by atoms with Crippen molar-refractivity contribution in [3.05, 3.63) is 29.8 Å². The number of aliphatic hydroxyl groups is 1. The zero-order valence-electron chi connectivity index (χ0n) is 10.4. The van der Waals surface area contributed by atoms with Crippen molar-refractivity contribution in [2.75, 3.05) is 6.61 Å². The molecule has 18 heavy (non-hydrogen) atoms. The maximum atomic E-state index is 11.8. The van der Waals surface area contributed by atoms with Gasteiger partial charge in [0.25, 0.3) is 10.1 Å². The second-order valence-corrected chi connectivity index (χ2v) is 5.87. The van der Waals surface area contributed by atoms with Crippen molar-refractivity contribution in [2.45, 2.75) is 30.8 Å². The van der Waals surface area contributed by atoms with Gasteiger partial charge in [-0.05, 0) is 26.0 Å². The first-order valence-electron chi connectivity index (χ1n) is 5.43. The number of hydrogen-bond donors (Lipinski definition) is 1. The van der Waals surface area contributed by atoms with Gasteiger partial charge in [0.05, 0.1) is 11.5 Å². The molecule has 0 aliphatic rings. The Morgan fingerprint density at radius 1 is 1.39 bits per heavy atom. The fourth-order valence-electron chi connectivity index (χ4n) is 1.20. The third-order valence-electron chi connectivity index (χ3n) is 2.45. The van der Waals surface area contributed by atoms with Crippen molar-refractivity contribution < 1.29 is 17.7 Å². The first kappa shape index (κ1) is 14.7. The fraction of sp³-hybridized carbons (Fsp3) is 0.385. The van der Waals surface area contributed by atoms with Crippen molar-refractivity contribution in [1.82, 2.24) is 0 Å². The van der Waals surface area contributed by atoms with Crippen LogP contribution in [0.2, 0.25) is 0 Å². The van der Waals surface area contributed by atoms with Crippen molar-refractivity contribution in [3.63, 3.8) is 0 Å². The summed E-state index contributed by atoms with van der Waals surface area (Å²) in [5.74, 6) is 2.16. The molecule has 0 saturated carbocycles. The number of hydrogen-bond acceptors (Lipinski definition) is 4. The summed E-state index contributed by atoms with van der Waals surface area (Å²) in [5.41, 5.74) is -0.396. The van der Waals surface area contributed by atoms with Gasteiger partial charge in [-0.25, -0.2) is 0 Å². The minimum absolute atomic E-state index is 0.0502. The molecular formula is C13H16O4S. The molecule has 1 atom stereocenters. The third-order valence-corrected chi connectivity index (χ3v) is 3.77. The summed E-state index contributed by atoms with van der Waals surface area (Å²) in [5, 5.41) is 9.52. The summed E-state index contributed by atoms with van der Waals surface area (Å²) >= 11 is 0. The van der Waals surface area contributed by atoms with Gasteiger partial charge in [-0.2, -0.15) is 8.42 Å². The Morgan fingerprint density at radius 3 is 2.44 bits per heavy atom. The molecule has 0 spiro atoms. The zero-order chi connectivity index (χ0) is 13.8. The lowest BCUT2D eigenvalue weighted by Crippen LogP contribution is -2.24. The number of rotatable bonds is 5. The standard InChI is InChI=1S/C13H16O4S/c1-4-13(3,14)9-10-17-18(15,16)12-7-5-11(2)6-8-12/h1,5-8,14H,9-10H2,2-3H3. The van der Waals surface area contributed by atoms with E-state index in [1.165, 1.54) is 19.1 Å². The van der Waals surface area contributed by atoms with Crippen LogP contribution in [-0.4, -0.2) is 25.7 Å². The molecular weight excluding hydrogens is 252 g/mol. The van der Waals surface area contributed by atoms with Gasteiger partial charge < -0.3 is 5.11 Å². The summed E-state index contributed by atoms with van der Waals surface area (Å²) in [6.45, 7) is 3.13. The molecule has 1 N–H and O–H groups in total. The first-order chi connectivity index (χ1) is 8.27. The summed E-state index contributed by atoms with van der Waals surface area (Å²) in [6.07, 6.45) is 5.13. The Kier molecular flexibility index (Phi) is 4.52. The average molecular weight is 268 g/mol. The topological polar surface area (TPSA) is 63.6 Å². The number of benzene rings is 1. The summed E-state index contributed by atoms with van der Waals surface area (Å²) in [7, 11) is -3.79. The van der Waals surface area contributed by atoms with E-state index in [1.807, 2.05) is 6.92 Å². The van der Waals surface area contributed by atoms with Crippen LogP contribution in [-0.2, 0) is 14.3 Å². The Morgan fingerprint density at radius 2 is 1.94 bits per heavy atom. The highest BCUT2D eigenvalue weighted by Gasteiger charge is 2.20. The van der Waals surface area contributed by atoms with Crippen LogP contribution < -0.4 is 0 Å². The second-order valence-electron chi connectivity index (χ2n) is 4.26. The van der Waals surface area contributed by atoms with E-state index in [4.69, 9.17) is 10.6 Å². The smallest absolute Gasteiger partial charge is 0.296 e. The van der Waals surface area contributed by atoms with Crippen molar-refractivity contribution >= 4 is 10.1 Å². The third kappa shape index (κ3) is 4.15. The highest BCUT2D eigenvalue weighted by molar-refractivity contribution is 7.86. The van der Waals surface area contributed by atoms with E-state index in [-0.39, 0.29) is 17.9 Å². The summed E-state index contributed by atoms with van der Waals surface area (Å²) < 4.78 is 28.3. The van der Waals surface area contributed by atoms with Crippen LogP contribution in [0.3, 0.4) is 0 Å². The Balaban J connectivity index is 2.67. The van der Waals surface area contributed by atoms with Crippen LogP contribution >= 0.6 is 0 Å². The van der Waals surface area contributed by atoms with E-state index < -0.39 is 15.7 Å². The Bertz CT molecular complexity index is 535. The van der Waals surface area contributed by atoms with Gasteiger partial charge in [-0.15, -0.1) is 6.42 Å². The molecule has 5 heteroatoms. The van der Waals surface area contributed by atoms with Crippen LogP contribution in [0.4, 0.5) is 0 Å². The van der Waals surface area contributed by atoms with E-state index in [0.29, 0.717) is 0 Å². The van der Waals surface area contributed by atoms with Crippen molar-refractivity contribution in [1.29, 1.82) is 0 Å². The molecule has 0 saturated heterocycles. The van der Waals surface area contributed by atoms with E-state index >= 15 is 0 Å². The van der Waals surface area contributed by atoms with Gasteiger partial charge in [-0.3, -0.25) is 4.18 Å². The lowest BCUT2D eigenvalue weighted by atomic mass is 10.1. The highest BCUT2D eigenvalue weighted by atomic mass is 32.2. The molecule has 0 aliphatic heterocycles. The highest BCUT2D eigenvalue weighted by Crippen LogP contribution is 2.15. The van der Waals surface area contributed by atoms with Crippen LogP contribution in [0.15, 0.2) is 29.2 Å². The maximum Gasteiger partial charge on any atom is 0.296 e. The van der Waals surface area contributed by atoms with Gasteiger partial charge in [0.2, 0.25) is 0 Å². The normalized spacial score (nSPS) is 14.8. The molecule has 0 fully saturated rings. The Labute approximate surface area is 108 Å². The van der Waals surface area contributed by atoms with E-state index in [0.717, 1.165) is 5.56 Å². The maximum absolute atomic E-state index is 11.8. The van der Waals surface area contributed by atoms with Crippen LogP contribution in [0.25, 0.3) is 0 Å². The number of terminal acetylenes is 1. The van der Waals surface area contributed by atoms with Crippen molar-refractivity contribution in [3.8, 4) is 12.3 Å². The SMILES string of the molecule is C#CC(C)(O)CCOS(=O)(=O)c1ccc(C)cc1. The molecule has 0 aromatic heterocycles. The summed E-state index contributed by atoms with van der Waals surface area (Å²) in [6, 6.07) is 6.33. The van der Waals surface area contributed by atoms with Crippen LogP contribution in [0, 0.1) is 19.3 Å². The zero-order valence-corrected chi connectivity index (χ0v) is 11.2. The molecule has 98 valence electrons. The fourth-order valence-corrected chi connectivity index (χ4v) is 2.10. The molecule has 0 heterocycles. The van der Waals surface area contributed by atoms with E-state index in [2.05, 4.69) is 5.92 Å². The largest absolute Gasteiger partial charge is 0.378 e. The molecule has 1 unspecified atom stereocenters. The Hall–Kier alpha value is -1.35. The van der Waals surface area contributed by atoms with Gasteiger partial charge in [-0.1, -0.05) is 23.6 Å². The molecule has 4 nitrogen and oxygen atoms in total. The minimum atomic E-state index is -3.79. The van der Waals surface area contributed by atoms with Gasteiger partial charge in [0.1, 0.15) is 5.60 Å². The molecule has 0 radical (unpaired) electrons. The van der Waals surface area contributed by atoms with E-state index in [1.54, 1.807) is 12.1 Å². The monoisotopic (exact) mass is 268 g/mol. The van der Waals surface area contributed by atoms with E-state index in [9.17, 15) is 13.5 Å². The lowest BCUT2D eigenvalue weighted by molar-refractivity contribution is 0.0940.